The zero-order chi connectivity index (χ0) is 63.9. The van der Waals surface area contributed by atoms with E-state index in [0.717, 1.165) is 38.0 Å². The number of benzene rings is 6. The average molecular weight is 1340 g/mol. The van der Waals surface area contributed by atoms with Gasteiger partial charge in [-0.3, -0.25) is 0 Å². The van der Waals surface area contributed by atoms with Gasteiger partial charge >= 0.3 is 37.9 Å². The first kappa shape index (κ1) is 77.4. The third-order valence-corrected chi connectivity index (χ3v) is 19.9. The van der Waals surface area contributed by atoms with E-state index in [4.69, 9.17) is 17.0 Å². The predicted octanol–water partition coefficient (Wildman–Crippen LogP) is 27.3. The fraction of sp³-hybridized carbons (Fsp3) is 0.477. The molecule has 0 nitrogen and oxygen atoms in total. The molecule has 0 amide bonds. The second-order valence-corrected chi connectivity index (χ2v) is 35.2. The minimum absolute atomic E-state index is 0. The van der Waals surface area contributed by atoms with Crippen molar-refractivity contribution in [3.8, 4) is 0 Å². The Kier molecular flexibility index (Phi) is 32.6. The summed E-state index contributed by atoms with van der Waals surface area (Å²) in [7, 11) is 9.87. The van der Waals surface area contributed by atoms with Crippen molar-refractivity contribution in [1.82, 2.24) is 0 Å². The molecule has 6 unspecified atom stereocenters. The van der Waals surface area contributed by atoms with E-state index in [2.05, 4.69) is 295 Å². The van der Waals surface area contributed by atoms with Crippen molar-refractivity contribution in [3.63, 3.8) is 0 Å². The Morgan fingerprint density at radius 2 is 0.615 bits per heavy atom. The third-order valence-electron chi connectivity index (χ3n) is 19.9. The van der Waals surface area contributed by atoms with Crippen LogP contribution in [0.1, 0.15) is 259 Å². The molecule has 0 aliphatic heterocycles. The van der Waals surface area contributed by atoms with Crippen LogP contribution in [0.15, 0.2) is 212 Å². The summed E-state index contributed by atoms with van der Waals surface area (Å²) in [5.41, 5.74) is 14.1. The number of allylic oxidation sites excluding steroid dienone is 8. The molecule has 6 aromatic carbocycles. The molecule has 2 fully saturated rings. The molecule has 2 saturated carbocycles. The van der Waals surface area contributed by atoms with Crippen LogP contribution in [-0.2, 0) is 40.1 Å². The van der Waals surface area contributed by atoms with Crippen LogP contribution in [-0.4, -0.2) is 0 Å². The Hall–Kier alpha value is -4.26. The normalized spacial score (nSPS) is 16.9. The zero-order valence-electron chi connectivity index (χ0n) is 59.2. The summed E-state index contributed by atoms with van der Waals surface area (Å²) in [6, 6.07) is 63.2. The van der Waals surface area contributed by atoms with Gasteiger partial charge in [-0.25, -0.2) is 0 Å². The van der Waals surface area contributed by atoms with Gasteiger partial charge in [0.15, 0.2) is 0 Å². The van der Waals surface area contributed by atoms with Gasteiger partial charge in [0.05, 0.1) is 0 Å². The number of hydrogen-bond donors (Lipinski definition) is 0. The molecule has 6 aromatic rings. The monoisotopic (exact) mass is 1340 g/mol. The van der Waals surface area contributed by atoms with Crippen molar-refractivity contribution in [1.29, 1.82) is 0 Å². The first-order chi connectivity index (χ1) is 42.6. The van der Waals surface area contributed by atoms with E-state index in [1.54, 1.807) is 0 Å². The van der Waals surface area contributed by atoms with Gasteiger partial charge in [0, 0.05) is 0 Å². The summed E-state index contributed by atoms with van der Waals surface area (Å²) in [6.07, 6.45) is 40.3. The van der Waals surface area contributed by atoms with E-state index < -0.39 is 20.8 Å². The van der Waals surface area contributed by atoms with Crippen LogP contribution in [0, 0.1) is 54.3 Å². The van der Waals surface area contributed by atoms with Gasteiger partial charge in [-0.1, -0.05) is 353 Å². The van der Waals surface area contributed by atoms with Gasteiger partial charge < -0.3 is 14.9 Å². The van der Waals surface area contributed by atoms with Crippen molar-refractivity contribution in [2.45, 2.75) is 228 Å². The summed E-state index contributed by atoms with van der Waals surface area (Å²) < 4.78 is 0. The molecule has 0 radical (unpaired) electrons. The Morgan fingerprint density at radius 1 is 0.341 bits per heavy atom. The molecule has 91 heavy (non-hydrogen) atoms. The molecule has 0 aromatic heterocycles. The molecule has 0 heterocycles. The fourth-order valence-corrected chi connectivity index (χ4v) is 15.0. The first-order valence-electron chi connectivity index (χ1n) is 34.6. The molecule has 10 rings (SSSR count). The number of rotatable bonds is 21. The van der Waals surface area contributed by atoms with Crippen molar-refractivity contribution in [3.05, 3.63) is 277 Å². The topological polar surface area (TPSA) is 0 Å². The predicted molar refractivity (Wildman–Crippen MR) is 400 cm³/mol. The maximum absolute atomic E-state index is 4.93. The maximum atomic E-state index is 4.93. The van der Waals surface area contributed by atoms with Crippen molar-refractivity contribution < 1.29 is 20.8 Å². The van der Waals surface area contributed by atoms with E-state index in [1.165, 1.54) is 127 Å². The van der Waals surface area contributed by atoms with Crippen LogP contribution >= 0.6 is 17.0 Å². The zero-order valence-corrected chi connectivity index (χ0v) is 63.2. The van der Waals surface area contributed by atoms with E-state index in [-0.39, 0.29) is 31.1 Å². The Morgan fingerprint density at radius 3 is 0.945 bits per heavy atom. The van der Waals surface area contributed by atoms with E-state index in [1.807, 2.05) is 0 Å². The Bertz CT molecular complexity index is 2990. The van der Waals surface area contributed by atoms with Crippen molar-refractivity contribution in [2.24, 2.45) is 39.4 Å². The van der Waals surface area contributed by atoms with Gasteiger partial charge in [0.2, 0.25) is 0 Å². The van der Waals surface area contributed by atoms with Crippen LogP contribution in [0.25, 0.3) is 0 Å². The summed E-state index contributed by atoms with van der Waals surface area (Å²) >= 11 is -0.826. The van der Waals surface area contributed by atoms with Crippen molar-refractivity contribution >= 4 is 17.0 Å². The molecule has 0 N–H and O–H groups in total. The molecule has 490 valence electrons. The SMILES string of the molecule is C1CCCC1.CC(C)(C)C(CC(CC(CC(c1ccc(CC2C=CC=C2)cc1)C(C)(C)C)c1ccccc1)c1ccc(CC2CCCC2)cc1)c1ccccc1.CC(C)(C)CC(CC(c1ccc(CC2C=CC=C2)cc1)C(C)(C)C)c1ccccc1.[CH3-].[CH3-].[Cl][Zr+2][Cl]. The summed E-state index contributed by atoms with van der Waals surface area (Å²) in [5.74, 6) is 4.88. The van der Waals surface area contributed by atoms with Gasteiger partial charge in [0.1, 0.15) is 0 Å². The molecular weight excluding hydrogens is 1220 g/mol. The quantitative estimate of drug-likeness (QED) is 0.0630. The van der Waals surface area contributed by atoms with E-state index in [0.29, 0.717) is 52.8 Å². The third kappa shape index (κ3) is 26.5. The summed E-state index contributed by atoms with van der Waals surface area (Å²) in [5, 5.41) is 0. The van der Waals surface area contributed by atoms with Gasteiger partial charge in [-0.15, -0.1) is 0 Å². The second-order valence-electron chi connectivity index (χ2n) is 31.5. The van der Waals surface area contributed by atoms with E-state index >= 15 is 0 Å². The molecule has 0 bridgehead atoms. The number of halogens is 2. The van der Waals surface area contributed by atoms with Crippen LogP contribution in [0.3, 0.4) is 0 Å². The molecule has 3 heteroatoms. The molecule has 6 atom stereocenters. The van der Waals surface area contributed by atoms with Gasteiger partial charge in [-0.2, -0.15) is 0 Å². The van der Waals surface area contributed by atoms with Crippen LogP contribution < -0.4 is 0 Å². The standard InChI is InChI=1S/C51H64.C30H40.C5H10.2CH3.2ClH.Zr/c1-50(2,3)48(44-23-11-8-12-24-44)37-47(43-29-25-40(26-30-43)33-38-17-13-14-18-38)35-46(42-21-9-7-10-22-42)36-49(51(4,5)6)45-31-27-41(28-32-45)34-39-19-15-16-20-39;1-29(2,3)22-27(25-14-8-7-9-15-25)21-28(30(4,5)6)26-18-16-24(17-19-26)20-23-12-10-11-13-23;1-2-4-5-3-1;;;;;/h7-12,15-16,19-32,38-39,46-49H,13-14,17-18,33-37H2,1-6H3;7-19,23,27-28H,20-22H2,1-6H3;1-5H2;2*1H3;2*1H;/q;;;2*-1;;;+4/p-2. The molecule has 4 aliphatic rings. The van der Waals surface area contributed by atoms with Crippen LogP contribution in [0.4, 0.5) is 0 Å². The fourth-order valence-electron chi connectivity index (χ4n) is 15.0. The number of hydrogen-bond acceptors (Lipinski definition) is 0. The van der Waals surface area contributed by atoms with Gasteiger partial charge in [-0.05, 0) is 176 Å². The van der Waals surface area contributed by atoms with Crippen molar-refractivity contribution in [2.75, 3.05) is 0 Å². The first-order valence-corrected chi connectivity index (χ1v) is 41.0. The molecular formula is C88H120Cl2Zr. The molecule has 4 aliphatic carbocycles. The Balaban J connectivity index is 0.000000318. The second kappa shape index (κ2) is 38.3. The summed E-state index contributed by atoms with van der Waals surface area (Å²) in [4.78, 5) is 0. The van der Waals surface area contributed by atoms with E-state index in [9.17, 15) is 0 Å². The molecule has 0 spiro atoms. The average Bonchev–Trinajstić information content (AvgIpc) is 1.62. The van der Waals surface area contributed by atoms with Gasteiger partial charge in [0.25, 0.3) is 0 Å². The Labute approximate surface area is 577 Å². The molecule has 0 saturated heterocycles. The van der Waals surface area contributed by atoms with Crippen LogP contribution in [0.5, 0.6) is 0 Å². The summed E-state index contributed by atoms with van der Waals surface area (Å²) in [6.45, 7) is 29.0. The minimum atomic E-state index is -0.826. The van der Waals surface area contributed by atoms with Crippen LogP contribution in [0.2, 0.25) is 0 Å².